The zero-order valence-corrected chi connectivity index (χ0v) is 11.0. The van der Waals surface area contributed by atoms with Crippen LogP contribution in [0.5, 0.6) is 0 Å². The van der Waals surface area contributed by atoms with E-state index in [2.05, 4.69) is 43.5 Å². The smallest absolute Gasteiger partial charge is 0.170 e. The van der Waals surface area contributed by atoms with Crippen LogP contribution in [0, 0.1) is 6.92 Å². The maximum Gasteiger partial charge on any atom is 0.170 e. The van der Waals surface area contributed by atoms with Gasteiger partial charge in [0.2, 0.25) is 0 Å². The van der Waals surface area contributed by atoms with Crippen molar-refractivity contribution in [3.05, 3.63) is 29.8 Å². The highest BCUT2D eigenvalue weighted by atomic mass is 32.1. The fourth-order valence-electron chi connectivity index (χ4n) is 1.62. The van der Waals surface area contributed by atoms with Crippen molar-refractivity contribution in [1.82, 2.24) is 5.32 Å². The minimum Gasteiger partial charge on any atom is -0.360 e. The van der Waals surface area contributed by atoms with Crippen LogP contribution in [0.15, 0.2) is 24.3 Å². The van der Waals surface area contributed by atoms with Gasteiger partial charge in [-0.15, -0.1) is 0 Å². The molecule has 0 saturated carbocycles. The predicted octanol–water partition coefficient (Wildman–Crippen LogP) is 3.47. The number of hydrogen-bond donors (Lipinski definition) is 2. The summed E-state index contributed by atoms with van der Waals surface area (Å²) >= 11 is 5.25. The van der Waals surface area contributed by atoms with E-state index < -0.39 is 0 Å². The highest BCUT2D eigenvalue weighted by molar-refractivity contribution is 7.80. The van der Waals surface area contributed by atoms with Crippen molar-refractivity contribution in [2.24, 2.45) is 0 Å². The second kappa shape index (κ2) is 6.48. The molecule has 0 heterocycles. The van der Waals surface area contributed by atoms with Gasteiger partial charge in [-0.1, -0.05) is 25.5 Å². The molecule has 0 spiro atoms. The number of anilines is 1. The van der Waals surface area contributed by atoms with E-state index in [1.165, 1.54) is 12.0 Å². The van der Waals surface area contributed by atoms with Crippen LogP contribution in [0.3, 0.4) is 0 Å². The number of thiocarbonyl (C=S) groups is 1. The Bertz CT molecular complexity index is 350. The molecule has 3 heteroatoms. The van der Waals surface area contributed by atoms with Crippen molar-refractivity contribution in [3.8, 4) is 0 Å². The van der Waals surface area contributed by atoms with E-state index in [9.17, 15) is 0 Å². The van der Waals surface area contributed by atoms with Gasteiger partial charge in [-0.05, 0) is 50.2 Å². The zero-order valence-electron chi connectivity index (χ0n) is 10.2. The average Bonchev–Trinajstić information content (AvgIpc) is 2.17. The van der Waals surface area contributed by atoms with Gasteiger partial charge in [0.25, 0.3) is 0 Å². The topological polar surface area (TPSA) is 24.1 Å². The highest BCUT2D eigenvalue weighted by Crippen LogP contribution is 2.09. The fourth-order valence-corrected chi connectivity index (χ4v) is 1.94. The van der Waals surface area contributed by atoms with Crippen LogP contribution in [0.4, 0.5) is 5.69 Å². The molecular weight excluding hydrogens is 216 g/mol. The highest BCUT2D eigenvalue weighted by Gasteiger charge is 2.02. The van der Waals surface area contributed by atoms with Crippen molar-refractivity contribution < 1.29 is 0 Å². The Kier molecular flexibility index (Phi) is 5.26. The Morgan fingerprint density at radius 1 is 1.44 bits per heavy atom. The van der Waals surface area contributed by atoms with Crippen molar-refractivity contribution in [2.45, 2.75) is 39.7 Å². The van der Waals surface area contributed by atoms with Crippen LogP contribution in [0.1, 0.15) is 32.3 Å². The second-order valence-electron chi connectivity index (χ2n) is 4.16. The molecule has 0 bridgehead atoms. The van der Waals surface area contributed by atoms with Gasteiger partial charge in [-0.2, -0.15) is 0 Å². The van der Waals surface area contributed by atoms with Gasteiger partial charge >= 0.3 is 0 Å². The third-order valence-electron chi connectivity index (χ3n) is 2.38. The molecule has 1 aromatic carbocycles. The first-order valence-electron chi connectivity index (χ1n) is 5.76. The SMILES string of the molecule is CCC[C@@H](C)NC(=S)Nc1cccc(C)c1. The van der Waals surface area contributed by atoms with Gasteiger partial charge < -0.3 is 10.6 Å². The van der Waals surface area contributed by atoms with Gasteiger partial charge in [0.15, 0.2) is 5.11 Å². The van der Waals surface area contributed by atoms with Crippen LogP contribution < -0.4 is 10.6 Å². The number of aryl methyl sites for hydroxylation is 1. The van der Waals surface area contributed by atoms with E-state index in [-0.39, 0.29) is 0 Å². The van der Waals surface area contributed by atoms with E-state index in [4.69, 9.17) is 12.2 Å². The van der Waals surface area contributed by atoms with Gasteiger partial charge in [-0.25, -0.2) is 0 Å². The summed E-state index contributed by atoms with van der Waals surface area (Å²) in [5.41, 5.74) is 2.27. The summed E-state index contributed by atoms with van der Waals surface area (Å²) in [6.07, 6.45) is 2.30. The van der Waals surface area contributed by atoms with E-state index in [1.807, 2.05) is 12.1 Å². The van der Waals surface area contributed by atoms with E-state index in [0.717, 1.165) is 12.1 Å². The molecule has 2 N–H and O–H groups in total. The van der Waals surface area contributed by atoms with Gasteiger partial charge in [0.1, 0.15) is 0 Å². The molecule has 0 saturated heterocycles. The predicted molar refractivity (Wildman–Crippen MR) is 74.9 cm³/mol. The summed E-state index contributed by atoms with van der Waals surface area (Å²) in [6.45, 7) is 6.39. The maximum absolute atomic E-state index is 5.25. The van der Waals surface area contributed by atoms with Crippen molar-refractivity contribution in [1.29, 1.82) is 0 Å². The number of benzene rings is 1. The Morgan fingerprint density at radius 3 is 2.81 bits per heavy atom. The lowest BCUT2D eigenvalue weighted by Gasteiger charge is -2.16. The molecule has 0 radical (unpaired) electrons. The van der Waals surface area contributed by atoms with E-state index in [0.29, 0.717) is 11.2 Å². The maximum atomic E-state index is 5.25. The summed E-state index contributed by atoms with van der Waals surface area (Å²) in [6, 6.07) is 8.62. The standard InChI is InChI=1S/C13H20N2S/c1-4-6-11(3)14-13(16)15-12-8-5-7-10(2)9-12/h5,7-9,11H,4,6H2,1-3H3,(H2,14,15,16)/t11-/m1/s1. The molecule has 0 fully saturated rings. The third kappa shape index (κ3) is 4.62. The molecule has 1 rings (SSSR count). The number of rotatable bonds is 4. The van der Waals surface area contributed by atoms with Crippen LogP contribution in [-0.2, 0) is 0 Å². The largest absolute Gasteiger partial charge is 0.360 e. The van der Waals surface area contributed by atoms with Gasteiger partial charge in [0.05, 0.1) is 0 Å². The third-order valence-corrected chi connectivity index (χ3v) is 2.60. The number of nitrogens with one attached hydrogen (secondary N) is 2. The first kappa shape index (κ1) is 13.0. The van der Waals surface area contributed by atoms with Crippen LogP contribution in [0.25, 0.3) is 0 Å². The first-order chi connectivity index (χ1) is 7.61. The van der Waals surface area contributed by atoms with Crippen molar-refractivity contribution in [3.63, 3.8) is 0 Å². The molecular formula is C13H20N2S. The Balaban J connectivity index is 2.45. The molecule has 0 aliphatic rings. The average molecular weight is 236 g/mol. The molecule has 2 nitrogen and oxygen atoms in total. The Labute approximate surface area is 103 Å². The lowest BCUT2D eigenvalue weighted by molar-refractivity contribution is 0.599. The molecule has 16 heavy (non-hydrogen) atoms. The van der Waals surface area contributed by atoms with Crippen LogP contribution in [-0.4, -0.2) is 11.2 Å². The normalized spacial score (nSPS) is 11.9. The molecule has 0 unspecified atom stereocenters. The molecule has 0 aliphatic carbocycles. The fraction of sp³-hybridized carbons (Fsp3) is 0.462. The lowest BCUT2D eigenvalue weighted by Crippen LogP contribution is -2.35. The molecule has 0 aromatic heterocycles. The first-order valence-corrected chi connectivity index (χ1v) is 6.17. The summed E-state index contributed by atoms with van der Waals surface area (Å²) < 4.78 is 0. The lowest BCUT2D eigenvalue weighted by atomic mass is 10.2. The van der Waals surface area contributed by atoms with E-state index in [1.54, 1.807) is 0 Å². The minimum atomic E-state index is 0.426. The summed E-state index contributed by atoms with van der Waals surface area (Å²) in [5, 5.41) is 7.16. The van der Waals surface area contributed by atoms with E-state index >= 15 is 0 Å². The van der Waals surface area contributed by atoms with Gasteiger partial charge in [-0.3, -0.25) is 0 Å². The summed E-state index contributed by atoms with van der Waals surface area (Å²) in [5.74, 6) is 0. The Hall–Kier alpha value is -1.09. The molecule has 0 amide bonds. The quantitative estimate of drug-likeness (QED) is 0.783. The molecule has 1 atom stereocenters. The molecule has 1 aromatic rings. The summed E-state index contributed by atoms with van der Waals surface area (Å²) in [4.78, 5) is 0. The molecule has 88 valence electrons. The molecule has 0 aliphatic heterocycles. The van der Waals surface area contributed by atoms with Crippen molar-refractivity contribution in [2.75, 3.05) is 5.32 Å². The summed E-state index contributed by atoms with van der Waals surface area (Å²) in [7, 11) is 0. The van der Waals surface area contributed by atoms with Gasteiger partial charge in [0, 0.05) is 11.7 Å². The van der Waals surface area contributed by atoms with Crippen molar-refractivity contribution >= 4 is 23.0 Å². The van der Waals surface area contributed by atoms with Crippen LogP contribution in [0.2, 0.25) is 0 Å². The Morgan fingerprint density at radius 2 is 2.19 bits per heavy atom. The monoisotopic (exact) mass is 236 g/mol. The zero-order chi connectivity index (χ0) is 12.0. The van der Waals surface area contributed by atoms with Crippen LogP contribution >= 0.6 is 12.2 Å². The minimum absolute atomic E-state index is 0.426. The number of hydrogen-bond acceptors (Lipinski definition) is 1. The second-order valence-corrected chi connectivity index (χ2v) is 4.57.